The number of hydrogen-bond donors (Lipinski definition) is 1. The molecule has 2 aliphatic rings. The van der Waals surface area contributed by atoms with Gasteiger partial charge in [0.25, 0.3) is 0 Å². The molecule has 0 spiro atoms. The zero-order chi connectivity index (χ0) is 15.6. The molecule has 0 radical (unpaired) electrons. The maximum atomic E-state index is 12.7. The van der Waals surface area contributed by atoms with Crippen molar-refractivity contribution in [3.8, 4) is 0 Å². The van der Waals surface area contributed by atoms with Crippen LogP contribution in [0, 0.1) is 30.6 Å². The van der Waals surface area contributed by atoms with Crippen LogP contribution in [0.1, 0.15) is 51.5 Å². The molecule has 2 saturated carbocycles. The SMILES string of the molecule is Cc1noc(C)c1S(=O)(=O)N[C@H]1C[C@H]2CC[C@@]1(C)C2(C)C. The summed E-state index contributed by atoms with van der Waals surface area (Å²) in [6.45, 7) is 10.1. The summed E-state index contributed by atoms with van der Waals surface area (Å²) in [5, 5.41) is 3.76. The lowest BCUT2D eigenvalue weighted by molar-refractivity contribution is 0.130. The summed E-state index contributed by atoms with van der Waals surface area (Å²) >= 11 is 0. The van der Waals surface area contributed by atoms with Crippen molar-refractivity contribution in [3.05, 3.63) is 11.5 Å². The van der Waals surface area contributed by atoms with Gasteiger partial charge in [-0.3, -0.25) is 0 Å². The fourth-order valence-corrected chi connectivity index (χ4v) is 6.18. The van der Waals surface area contributed by atoms with E-state index in [1.807, 2.05) is 0 Å². The summed E-state index contributed by atoms with van der Waals surface area (Å²) in [6.07, 6.45) is 3.21. The lowest BCUT2D eigenvalue weighted by atomic mass is 9.69. The van der Waals surface area contributed by atoms with Gasteiger partial charge in [0.05, 0.1) is 0 Å². The molecule has 118 valence electrons. The van der Waals surface area contributed by atoms with E-state index in [0.29, 0.717) is 17.4 Å². The first-order valence-corrected chi connectivity index (χ1v) is 9.03. The highest BCUT2D eigenvalue weighted by atomic mass is 32.2. The van der Waals surface area contributed by atoms with Crippen LogP contribution in [0.2, 0.25) is 0 Å². The highest BCUT2D eigenvalue weighted by molar-refractivity contribution is 7.89. The fraction of sp³-hybridized carbons (Fsp3) is 0.800. The van der Waals surface area contributed by atoms with Crippen LogP contribution in [-0.2, 0) is 10.0 Å². The number of aryl methyl sites for hydroxylation is 2. The largest absolute Gasteiger partial charge is 0.360 e. The zero-order valence-corrected chi connectivity index (χ0v) is 14.2. The topological polar surface area (TPSA) is 72.2 Å². The summed E-state index contributed by atoms with van der Waals surface area (Å²) in [7, 11) is -3.58. The first-order chi connectivity index (χ1) is 9.59. The Hall–Kier alpha value is -0.880. The van der Waals surface area contributed by atoms with Crippen LogP contribution in [0.25, 0.3) is 0 Å². The molecule has 0 aromatic carbocycles. The molecule has 0 unspecified atom stereocenters. The van der Waals surface area contributed by atoms with E-state index in [4.69, 9.17) is 4.52 Å². The number of hydrogen-bond acceptors (Lipinski definition) is 4. The van der Waals surface area contributed by atoms with Gasteiger partial charge < -0.3 is 4.52 Å². The Balaban J connectivity index is 1.92. The Kier molecular flexibility index (Phi) is 3.09. The summed E-state index contributed by atoms with van der Waals surface area (Å²) < 4.78 is 33.4. The Labute approximate surface area is 126 Å². The molecule has 3 rings (SSSR count). The number of fused-ring (bicyclic) bond motifs is 2. The maximum Gasteiger partial charge on any atom is 0.246 e. The van der Waals surface area contributed by atoms with Gasteiger partial charge >= 0.3 is 0 Å². The summed E-state index contributed by atoms with van der Waals surface area (Å²) in [5.74, 6) is 0.951. The van der Waals surface area contributed by atoms with Gasteiger partial charge in [-0.15, -0.1) is 0 Å². The molecule has 3 atom stereocenters. The Morgan fingerprint density at radius 1 is 1.29 bits per heavy atom. The monoisotopic (exact) mass is 312 g/mol. The summed E-state index contributed by atoms with van der Waals surface area (Å²) in [5.41, 5.74) is 0.621. The van der Waals surface area contributed by atoms with Gasteiger partial charge in [-0.05, 0) is 49.9 Å². The summed E-state index contributed by atoms with van der Waals surface area (Å²) in [6, 6.07) is -0.00931. The lowest BCUT2D eigenvalue weighted by Gasteiger charge is -2.39. The van der Waals surface area contributed by atoms with E-state index in [0.717, 1.165) is 12.8 Å². The third-order valence-corrected chi connectivity index (χ3v) is 8.04. The highest BCUT2D eigenvalue weighted by Gasteiger charge is 2.62. The second kappa shape index (κ2) is 4.32. The average Bonchev–Trinajstić information content (AvgIpc) is 2.87. The second-order valence-corrected chi connectivity index (χ2v) is 9.09. The quantitative estimate of drug-likeness (QED) is 0.931. The maximum absolute atomic E-state index is 12.7. The molecular formula is C15H24N2O3S. The number of nitrogens with one attached hydrogen (secondary N) is 1. The van der Waals surface area contributed by atoms with E-state index in [2.05, 4.69) is 30.6 Å². The Morgan fingerprint density at radius 2 is 1.95 bits per heavy atom. The Bertz CT molecular complexity index is 658. The van der Waals surface area contributed by atoms with Gasteiger partial charge in [-0.2, -0.15) is 0 Å². The zero-order valence-electron chi connectivity index (χ0n) is 13.4. The minimum absolute atomic E-state index is 0.00931. The van der Waals surface area contributed by atoms with Crippen LogP contribution in [0.5, 0.6) is 0 Å². The fourth-order valence-electron chi connectivity index (χ4n) is 4.49. The lowest BCUT2D eigenvalue weighted by Crippen LogP contribution is -2.46. The van der Waals surface area contributed by atoms with E-state index >= 15 is 0 Å². The molecule has 2 aliphatic carbocycles. The van der Waals surface area contributed by atoms with Crippen molar-refractivity contribution in [3.63, 3.8) is 0 Å². The molecule has 2 bridgehead atoms. The number of aromatic nitrogens is 1. The van der Waals surface area contributed by atoms with Gasteiger partial charge in [-0.1, -0.05) is 25.9 Å². The first kappa shape index (κ1) is 15.0. The minimum atomic E-state index is -3.58. The van der Waals surface area contributed by atoms with E-state index in [1.165, 1.54) is 6.42 Å². The average molecular weight is 312 g/mol. The first-order valence-electron chi connectivity index (χ1n) is 7.55. The smallest absolute Gasteiger partial charge is 0.246 e. The molecule has 2 fully saturated rings. The van der Waals surface area contributed by atoms with Gasteiger partial charge in [0.15, 0.2) is 5.76 Å². The number of nitrogens with zero attached hydrogens (tertiary/aromatic N) is 1. The molecule has 5 nitrogen and oxygen atoms in total. The number of sulfonamides is 1. The van der Waals surface area contributed by atoms with Crippen molar-refractivity contribution in [2.45, 2.75) is 64.8 Å². The predicted molar refractivity (Wildman–Crippen MR) is 79.3 cm³/mol. The van der Waals surface area contributed by atoms with E-state index in [9.17, 15) is 8.42 Å². The Morgan fingerprint density at radius 3 is 2.38 bits per heavy atom. The third-order valence-electron chi connectivity index (χ3n) is 6.33. The predicted octanol–water partition coefficient (Wildman–Crippen LogP) is 2.78. The van der Waals surface area contributed by atoms with Crippen LogP contribution >= 0.6 is 0 Å². The molecule has 0 amide bonds. The molecule has 1 N–H and O–H groups in total. The minimum Gasteiger partial charge on any atom is -0.360 e. The van der Waals surface area contributed by atoms with Gasteiger partial charge in [0.2, 0.25) is 10.0 Å². The number of rotatable bonds is 3. The molecule has 1 heterocycles. The normalized spacial score (nSPS) is 34.5. The molecule has 1 aromatic heterocycles. The highest BCUT2D eigenvalue weighted by Crippen LogP contribution is 2.65. The van der Waals surface area contributed by atoms with Gasteiger partial charge in [0.1, 0.15) is 10.6 Å². The molecule has 6 heteroatoms. The van der Waals surface area contributed by atoms with Crippen LogP contribution < -0.4 is 4.72 Å². The van der Waals surface area contributed by atoms with Crippen molar-refractivity contribution in [2.24, 2.45) is 16.7 Å². The molecule has 0 aliphatic heterocycles. The van der Waals surface area contributed by atoms with E-state index in [1.54, 1.807) is 13.8 Å². The summed E-state index contributed by atoms with van der Waals surface area (Å²) in [4.78, 5) is 0.201. The molecule has 1 aromatic rings. The van der Waals surface area contributed by atoms with E-state index in [-0.39, 0.29) is 21.8 Å². The second-order valence-electron chi connectivity index (χ2n) is 7.44. The van der Waals surface area contributed by atoms with Crippen molar-refractivity contribution >= 4 is 10.0 Å². The van der Waals surface area contributed by atoms with Crippen LogP contribution in [0.3, 0.4) is 0 Å². The van der Waals surface area contributed by atoms with Gasteiger partial charge in [-0.25, -0.2) is 13.1 Å². The van der Waals surface area contributed by atoms with Crippen LogP contribution in [0.15, 0.2) is 9.42 Å². The van der Waals surface area contributed by atoms with Crippen molar-refractivity contribution < 1.29 is 12.9 Å². The van der Waals surface area contributed by atoms with Crippen LogP contribution in [-0.4, -0.2) is 19.6 Å². The van der Waals surface area contributed by atoms with Crippen LogP contribution in [0.4, 0.5) is 0 Å². The van der Waals surface area contributed by atoms with Crippen molar-refractivity contribution in [1.29, 1.82) is 0 Å². The van der Waals surface area contributed by atoms with Crippen molar-refractivity contribution in [1.82, 2.24) is 9.88 Å². The molecule has 0 saturated heterocycles. The van der Waals surface area contributed by atoms with Crippen molar-refractivity contribution in [2.75, 3.05) is 0 Å². The van der Waals surface area contributed by atoms with Gasteiger partial charge in [0, 0.05) is 6.04 Å². The molecular weight excluding hydrogens is 288 g/mol. The standard InChI is InChI=1S/C15H24N2O3S/c1-9-13(10(2)20-16-9)21(18,19)17-12-8-11-6-7-15(12,5)14(11,3)4/h11-12,17H,6-8H2,1-5H3/t11-,12+,15-/m1/s1. The van der Waals surface area contributed by atoms with E-state index < -0.39 is 10.0 Å². The molecule has 21 heavy (non-hydrogen) atoms. The third kappa shape index (κ3) is 1.91.